The largest absolute Gasteiger partial charge is 0.507 e. The number of phenolic OH excluding ortho intramolecular Hbond substituents is 2. The lowest BCUT2D eigenvalue weighted by Crippen LogP contribution is -2.51. The SMILES string of the molecule is CCCCC(C)(CCCC)c1cc(C=NC(C)(C)CC(C)(C)N=Cc2cc(C(C)(CCC[N+](CCCC)(CCCC)CCCC)CCC[N+](CCCC)(CCCC)CCCC)cc(C(C)(C)C)c2O)c(O)c(C(C)(C)C)c1. The normalized spacial score (nSPS) is 13.8. The van der Waals surface area contributed by atoms with E-state index in [0.29, 0.717) is 17.9 Å². The van der Waals surface area contributed by atoms with Crippen molar-refractivity contribution in [3.8, 4) is 11.5 Å². The fourth-order valence-corrected chi connectivity index (χ4v) is 12.9. The zero-order chi connectivity index (χ0) is 58.2. The molecule has 77 heavy (non-hydrogen) atoms. The Morgan fingerprint density at radius 2 is 0.610 bits per heavy atom. The number of hydrogen-bond acceptors (Lipinski definition) is 4. The van der Waals surface area contributed by atoms with Crippen molar-refractivity contribution >= 4 is 12.4 Å². The van der Waals surface area contributed by atoms with E-state index in [0.717, 1.165) is 47.9 Å². The van der Waals surface area contributed by atoms with Crippen molar-refractivity contribution in [1.82, 2.24) is 0 Å². The quantitative estimate of drug-likeness (QED) is 0.0516. The Morgan fingerprint density at radius 1 is 0.364 bits per heavy atom. The fraction of sp³-hybridized carbons (Fsp3) is 0.803. The van der Waals surface area contributed by atoms with Gasteiger partial charge in [0.05, 0.1) is 63.4 Å². The van der Waals surface area contributed by atoms with Crippen LogP contribution in [0.2, 0.25) is 0 Å². The van der Waals surface area contributed by atoms with Crippen molar-refractivity contribution in [2.75, 3.05) is 52.4 Å². The topological polar surface area (TPSA) is 65.2 Å². The third-order valence-electron chi connectivity index (χ3n) is 18.1. The molecule has 0 fully saturated rings. The van der Waals surface area contributed by atoms with Gasteiger partial charge in [0.15, 0.2) is 0 Å². The Bertz CT molecular complexity index is 1940. The van der Waals surface area contributed by atoms with Crippen molar-refractivity contribution in [1.29, 1.82) is 0 Å². The van der Waals surface area contributed by atoms with Crippen LogP contribution in [-0.2, 0) is 21.7 Å². The molecule has 0 bridgehead atoms. The lowest BCUT2D eigenvalue weighted by molar-refractivity contribution is -0.929. The number of nitrogens with zero attached hydrogens (tertiary/aromatic N) is 4. The molecule has 0 aliphatic rings. The van der Waals surface area contributed by atoms with Crippen molar-refractivity contribution in [2.45, 2.75) is 319 Å². The van der Waals surface area contributed by atoms with Crippen molar-refractivity contribution in [3.63, 3.8) is 0 Å². The van der Waals surface area contributed by atoms with Gasteiger partial charge in [-0.2, -0.15) is 0 Å². The molecule has 2 aromatic rings. The summed E-state index contributed by atoms with van der Waals surface area (Å²) in [6.45, 7) is 56.3. The maximum atomic E-state index is 12.4. The smallest absolute Gasteiger partial charge is 0.128 e. The van der Waals surface area contributed by atoms with Crippen LogP contribution in [0.3, 0.4) is 0 Å². The molecule has 0 aliphatic carbocycles. The van der Waals surface area contributed by atoms with Gasteiger partial charge < -0.3 is 19.2 Å². The third-order valence-corrected chi connectivity index (χ3v) is 18.1. The van der Waals surface area contributed by atoms with E-state index in [-0.39, 0.29) is 21.7 Å². The predicted octanol–water partition coefficient (Wildman–Crippen LogP) is 20.1. The van der Waals surface area contributed by atoms with Gasteiger partial charge in [0.25, 0.3) is 0 Å². The summed E-state index contributed by atoms with van der Waals surface area (Å²) in [5, 5.41) is 24.3. The van der Waals surface area contributed by atoms with Crippen LogP contribution in [0.5, 0.6) is 11.5 Å². The zero-order valence-corrected chi connectivity index (χ0v) is 55.1. The molecule has 2 N–H and O–H groups in total. The monoisotopic (exact) mass is 1070 g/mol. The summed E-state index contributed by atoms with van der Waals surface area (Å²) in [4.78, 5) is 10.7. The van der Waals surface area contributed by atoms with E-state index in [4.69, 9.17) is 9.98 Å². The molecule has 0 aromatic heterocycles. The van der Waals surface area contributed by atoms with Crippen LogP contribution in [0.15, 0.2) is 34.3 Å². The molecule has 0 saturated heterocycles. The van der Waals surface area contributed by atoms with Gasteiger partial charge in [-0.3, -0.25) is 9.98 Å². The van der Waals surface area contributed by atoms with Crippen LogP contribution in [0.1, 0.15) is 320 Å². The van der Waals surface area contributed by atoms with Crippen LogP contribution in [0.25, 0.3) is 0 Å². The molecule has 6 heteroatoms. The number of aliphatic imine (C=N–C) groups is 2. The van der Waals surface area contributed by atoms with Crippen molar-refractivity contribution in [3.05, 3.63) is 57.6 Å². The predicted molar refractivity (Wildman–Crippen MR) is 343 cm³/mol. The average molecular weight is 1070 g/mol. The first kappa shape index (κ1) is 70.4. The maximum absolute atomic E-state index is 12.4. The van der Waals surface area contributed by atoms with Crippen molar-refractivity contribution < 1.29 is 19.2 Å². The molecule has 444 valence electrons. The van der Waals surface area contributed by atoms with E-state index < -0.39 is 11.1 Å². The van der Waals surface area contributed by atoms with Gasteiger partial charge in [-0.05, 0) is 156 Å². The highest BCUT2D eigenvalue weighted by atomic mass is 16.3. The second-order valence-corrected chi connectivity index (χ2v) is 28.9. The number of hydrogen-bond donors (Lipinski definition) is 2. The van der Waals surface area contributed by atoms with E-state index in [1.54, 1.807) is 0 Å². The summed E-state index contributed by atoms with van der Waals surface area (Å²) in [7, 11) is 0. The molecule has 0 heterocycles. The summed E-state index contributed by atoms with van der Waals surface area (Å²) in [6, 6.07) is 9.27. The number of benzene rings is 2. The standard InChI is InChI=1S/C71H128N4O2/c1-21-29-39-70(19,40-30-22-2)60-51-58(64(76)62(53-60)66(9,10)11)55-72-68(15,16)57-69(17,18)73-56-59-52-61(54-63(65(59)77)67(12,13)14)71(20,41-37-49-74(43-31-23-3,44-32-24-4)45-33-25-5)42-38-50-75(46-34-26-6,47-35-27-7)48-36-28-8/h51-56H,21-50,57H2,1-20H3/p+2. The van der Waals surface area contributed by atoms with E-state index in [1.807, 2.05) is 12.4 Å². The summed E-state index contributed by atoms with van der Waals surface area (Å²) >= 11 is 0. The Kier molecular flexibility index (Phi) is 29.9. The minimum absolute atomic E-state index is 0.0333. The maximum Gasteiger partial charge on any atom is 0.128 e. The number of unbranched alkanes of at least 4 members (excludes halogenated alkanes) is 8. The molecule has 0 unspecified atom stereocenters. The molecule has 0 saturated carbocycles. The van der Waals surface area contributed by atoms with Crippen LogP contribution >= 0.6 is 0 Å². The fourth-order valence-electron chi connectivity index (χ4n) is 12.9. The Balaban J connectivity index is 2.80. The van der Waals surface area contributed by atoms with Gasteiger partial charge >= 0.3 is 0 Å². The minimum atomic E-state index is -0.485. The Morgan fingerprint density at radius 3 is 0.857 bits per heavy atom. The summed E-state index contributed by atoms with van der Waals surface area (Å²) < 4.78 is 2.55. The molecule has 0 amide bonds. The molecule has 0 radical (unpaired) electrons. The van der Waals surface area contributed by atoms with Gasteiger partial charge in [-0.1, -0.05) is 187 Å². The first-order valence-corrected chi connectivity index (χ1v) is 32.6. The highest BCUT2D eigenvalue weighted by Gasteiger charge is 2.36. The summed E-state index contributed by atoms with van der Waals surface area (Å²) in [5.74, 6) is 0.702. The second kappa shape index (κ2) is 32.7. The lowest BCUT2D eigenvalue weighted by Gasteiger charge is -2.42. The first-order chi connectivity index (χ1) is 36.0. The zero-order valence-electron chi connectivity index (χ0n) is 55.1. The van der Waals surface area contributed by atoms with Gasteiger partial charge in [0.1, 0.15) is 11.5 Å². The molecule has 6 nitrogen and oxygen atoms in total. The first-order valence-electron chi connectivity index (χ1n) is 32.6. The molecule has 2 aromatic carbocycles. The van der Waals surface area contributed by atoms with Crippen LogP contribution in [0.4, 0.5) is 0 Å². The van der Waals surface area contributed by atoms with E-state index >= 15 is 0 Å². The van der Waals surface area contributed by atoms with Gasteiger partial charge in [-0.15, -0.1) is 0 Å². The molecule has 0 atom stereocenters. The van der Waals surface area contributed by atoms with E-state index in [2.05, 4.69) is 163 Å². The molecular formula is C71H130N4O2+2. The highest BCUT2D eigenvalue weighted by molar-refractivity contribution is 5.86. The lowest BCUT2D eigenvalue weighted by atomic mass is 9.72. The van der Waals surface area contributed by atoms with Gasteiger partial charge in [0, 0.05) is 34.7 Å². The van der Waals surface area contributed by atoms with Crippen LogP contribution in [0, 0.1) is 0 Å². The molecule has 2 rings (SSSR count). The van der Waals surface area contributed by atoms with Gasteiger partial charge in [-0.25, -0.2) is 0 Å². The van der Waals surface area contributed by atoms with Crippen LogP contribution in [-0.4, -0.2) is 95.0 Å². The Labute approximate surface area is 479 Å². The summed E-state index contributed by atoms with van der Waals surface area (Å²) in [6.07, 6.45) is 31.7. The number of phenols is 2. The number of rotatable bonds is 40. The number of quaternary nitrogens is 2. The second-order valence-electron chi connectivity index (χ2n) is 28.9. The Hall–Kier alpha value is -2.70. The number of aromatic hydroxyl groups is 2. The van der Waals surface area contributed by atoms with E-state index in [1.165, 1.54) is 188 Å². The van der Waals surface area contributed by atoms with Gasteiger partial charge in [0.2, 0.25) is 0 Å². The summed E-state index contributed by atoms with van der Waals surface area (Å²) in [5.41, 5.74) is 4.85. The highest BCUT2D eigenvalue weighted by Crippen LogP contribution is 2.44. The molecule has 0 aliphatic heterocycles. The average Bonchev–Trinajstić information content (AvgIpc) is 3.36. The van der Waals surface area contributed by atoms with Crippen molar-refractivity contribution in [2.24, 2.45) is 9.98 Å². The van der Waals surface area contributed by atoms with E-state index in [9.17, 15) is 10.2 Å². The van der Waals surface area contributed by atoms with Crippen LogP contribution < -0.4 is 0 Å². The molecular weight excluding hydrogens is 941 g/mol. The molecule has 0 spiro atoms. The minimum Gasteiger partial charge on any atom is -0.507 e. The third kappa shape index (κ3) is 23.0.